The lowest BCUT2D eigenvalue weighted by atomic mass is 10.1. The van der Waals surface area contributed by atoms with Gasteiger partial charge in [0.1, 0.15) is 0 Å². The number of carboxylic acid groups (broad SMARTS) is 1. The SMILES string of the molecule is CN(C(=O)Nc1cccc(CCC(=O)O)c1)C(C)(C)CO. The van der Waals surface area contributed by atoms with Crippen LogP contribution in [0.25, 0.3) is 0 Å². The van der Waals surface area contributed by atoms with Gasteiger partial charge in [0, 0.05) is 19.2 Å². The highest BCUT2D eigenvalue weighted by molar-refractivity contribution is 5.89. The highest BCUT2D eigenvalue weighted by Crippen LogP contribution is 2.16. The highest BCUT2D eigenvalue weighted by atomic mass is 16.4. The van der Waals surface area contributed by atoms with Crippen LogP contribution >= 0.6 is 0 Å². The van der Waals surface area contributed by atoms with Crippen molar-refractivity contribution in [3.8, 4) is 0 Å². The second kappa shape index (κ2) is 7.08. The Bertz CT molecular complexity index is 514. The summed E-state index contributed by atoms with van der Waals surface area (Å²) in [6.45, 7) is 3.38. The van der Waals surface area contributed by atoms with Crippen molar-refractivity contribution in [2.45, 2.75) is 32.2 Å². The number of aryl methyl sites for hydroxylation is 1. The molecule has 6 heteroatoms. The molecule has 116 valence electrons. The zero-order valence-electron chi connectivity index (χ0n) is 12.6. The predicted molar refractivity (Wildman–Crippen MR) is 80.3 cm³/mol. The number of aliphatic hydroxyl groups excluding tert-OH is 1. The molecule has 0 saturated carbocycles. The summed E-state index contributed by atoms with van der Waals surface area (Å²) in [6.07, 6.45) is 0.464. The van der Waals surface area contributed by atoms with Crippen LogP contribution in [-0.4, -0.2) is 46.3 Å². The summed E-state index contributed by atoms with van der Waals surface area (Å²) in [5.74, 6) is -0.853. The number of rotatable bonds is 6. The van der Waals surface area contributed by atoms with Crippen LogP contribution in [0.2, 0.25) is 0 Å². The van der Waals surface area contributed by atoms with E-state index in [4.69, 9.17) is 5.11 Å². The minimum absolute atomic E-state index is 0.0504. The van der Waals surface area contributed by atoms with Crippen molar-refractivity contribution < 1.29 is 19.8 Å². The van der Waals surface area contributed by atoms with Crippen LogP contribution in [0.15, 0.2) is 24.3 Å². The zero-order valence-corrected chi connectivity index (χ0v) is 12.6. The van der Waals surface area contributed by atoms with Gasteiger partial charge in [-0.2, -0.15) is 0 Å². The number of hydrogen-bond donors (Lipinski definition) is 3. The van der Waals surface area contributed by atoms with E-state index in [-0.39, 0.29) is 19.1 Å². The van der Waals surface area contributed by atoms with Crippen molar-refractivity contribution in [1.82, 2.24) is 4.90 Å². The van der Waals surface area contributed by atoms with E-state index >= 15 is 0 Å². The molecule has 0 radical (unpaired) electrons. The number of anilines is 1. The lowest BCUT2D eigenvalue weighted by Gasteiger charge is -2.33. The van der Waals surface area contributed by atoms with E-state index < -0.39 is 11.5 Å². The molecular weight excluding hydrogens is 272 g/mol. The van der Waals surface area contributed by atoms with Crippen LogP contribution in [0.3, 0.4) is 0 Å². The molecule has 2 amide bonds. The van der Waals surface area contributed by atoms with Crippen LogP contribution in [0.1, 0.15) is 25.8 Å². The molecule has 0 fully saturated rings. The molecule has 0 heterocycles. The molecule has 0 spiro atoms. The lowest BCUT2D eigenvalue weighted by Crippen LogP contribution is -2.49. The molecular formula is C15H22N2O4. The third kappa shape index (κ3) is 5.07. The van der Waals surface area contributed by atoms with Gasteiger partial charge in [0.2, 0.25) is 0 Å². The number of hydrogen-bond acceptors (Lipinski definition) is 3. The van der Waals surface area contributed by atoms with Gasteiger partial charge in [-0.05, 0) is 38.0 Å². The number of carbonyl (C=O) groups excluding carboxylic acids is 1. The zero-order chi connectivity index (χ0) is 16.0. The summed E-state index contributed by atoms with van der Waals surface area (Å²) in [5.41, 5.74) is 0.785. The summed E-state index contributed by atoms with van der Waals surface area (Å²) in [5, 5.41) is 20.7. The Morgan fingerprint density at radius 2 is 2.00 bits per heavy atom. The summed E-state index contributed by atoms with van der Waals surface area (Å²) < 4.78 is 0. The maximum atomic E-state index is 12.1. The first-order valence-electron chi connectivity index (χ1n) is 6.72. The van der Waals surface area contributed by atoms with Gasteiger partial charge in [-0.3, -0.25) is 4.79 Å². The van der Waals surface area contributed by atoms with E-state index in [1.165, 1.54) is 4.90 Å². The maximum absolute atomic E-state index is 12.1. The van der Waals surface area contributed by atoms with E-state index in [0.717, 1.165) is 5.56 Å². The molecule has 0 aliphatic carbocycles. The number of carboxylic acids is 1. The van der Waals surface area contributed by atoms with Gasteiger partial charge >= 0.3 is 12.0 Å². The lowest BCUT2D eigenvalue weighted by molar-refractivity contribution is -0.136. The number of nitrogens with one attached hydrogen (secondary N) is 1. The Morgan fingerprint density at radius 1 is 1.33 bits per heavy atom. The Kier molecular flexibility index (Phi) is 5.72. The normalized spacial score (nSPS) is 11.0. The summed E-state index contributed by atoms with van der Waals surface area (Å²) in [6, 6.07) is 6.75. The maximum Gasteiger partial charge on any atom is 0.322 e. The molecule has 1 rings (SSSR count). The number of aliphatic carboxylic acids is 1. The molecule has 0 aromatic heterocycles. The minimum Gasteiger partial charge on any atom is -0.481 e. The predicted octanol–water partition coefficient (Wildman–Crippen LogP) is 1.94. The van der Waals surface area contributed by atoms with Crippen molar-refractivity contribution in [3.63, 3.8) is 0 Å². The molecule has 1 aromatic carbocycles. The number of urea groups is 1. The van der Waals surface area contributed by atoms with Gasteiger partial charge in [-0.15, -0.1) is 0 Å². The Labute approximate surface area is 124 Å². The second-order valence-electron chi connectivity index (χ2n) is 5.55. The van der Waals surface area contributed by atoms with Crippen molar-refractivity contribution in [3.05, 3.63) is 29.8 Å². The van der Waals surface area contributed by atoms with Crippen LogP contribution in [0, 0.1) is 0 Å². The van der Waals surface area contributed by atoms with Crippen molar-refractivity contribution in [1.29, 1.82) is 0 Å². The molecule has 0 bridgehead atoms. The smallest absolute Gasteiger partial charge is 0.322 e. The number of benzene rings is 1. The van der Waals surface area contributed by atoms with Gasteiger partial charge in [-0.25, -0.2) is 4.79 Å². The minimum atomic E-state index is -0.853. The Hall–Kier alpha value is -2.08. The number of amides is 2. The van der Waals surface area contributed by atoms with Gasteiger partial charge in [0.25, 0.3) is 0 Å². The molecule has 21 heavy (non-hydrogen) atoms. The highest BCUT2D eigenvalue weighted by Gasteiger charge is 2.26. The Morgan fingerprint density at radius 3 is 2.57 bits per heavy atom. The van der Waals surface area contributed by atoms with Crippen LogP contribution in [0.5, 0.6) is 0 Å². The number of carbonyl (C=O) groups is 2. The van der Waals surface area contributed by atoms with Crippen LogP contribution in [-0.2, 0) is 11.2 Å². The average Bonchev–Trinajstić information content (AvgIpc) is 2.44. The van der Waals surface area contributed by atoms with Gasteiger partial charge in [-0.1, -0.05) is 12.1 Å². The first-order chi connectivity index (χ1) is 9.76. The van der Waals surface area contributed by atoms with Crippen molar-refractivity contribution in [2.24, 2.45) is 0 Å². The Balaban J connectivity index is 2.72. The van der Waals surface area contributed by atoms with E-state index in [9.17, 15) is 14.7 Å². The first kappa shape index (κ1) is 17.0. The van der Waals surface area contributed by atoms with E-state index in [0.29, 0.717) is 12.1 Å². The summed E-state index contributed by atoms with van der Waals surface area (Å²) in [7, 11) is 1.61. The second-order valence-corrected chi connectivity index (χ2v) is 5.55. The summed E-state index contributed by atoms with van der Waals surface area (Å²) in [4.78, 5) is 24.1. The summed E-state index contributed by atoms with van der Waals surface area (Å²) >= 11 is 0. The topological polar surface area (TPSA) is 89.9 Å². The molecule has 0 atom stereocenters. The molecule has 6 nitrogen and oxygen atoms in total. The third-order valence-electron chi connectivity index (χ3n) is 3.41. The number of aliphatic hydroxyl groups is 1. The molecule has 0 aliphatic heterocycles. The fraction of sp³-hybridized carbons (Fsp3) is 0.467. The number of nitrogens with zero attached hydrogens (tertiary/aromatic N) is 1. The van der Waals surface area contributed by atoms with E-state index in [2.05, 4.69) is 5.32 Å². The van der Waals surface area contributed by atoms with Crippen LogP contribution < -0.4 is 5.32 Å². The van der Waals surface area contributed by atoms with E-state index in [1.54, 1.807) is 39.1 Å². The third-order valence-corrected chi connectivity index (χ3v) is 3.41. The molecule has 0 saturated heterocycles. The fourth-order valence-corrected chi connectivity index (χ4v) is 1.64. The monoisotopic (exact) mass is 294 g/mol. The first-order valence-corrected chi connectivity index (χ1v) is 6.72. The van der Waals surface area contributed by atoms with Crippen molar-refractivity contribution >= 4 is 17.7 Å². The van der Waals surface area contributed by atoms with Gasteiger partial charge < -0.3 is 20.4 Å². The molecule has 0 aliphatic rings. The van der Waals surface area contributed by atoms with E-state index in [1.807, 2.05) is 6.07 Å². The quantitative estimate of drug-likeness (QED) is 0.748. The number of likely N-dealkylation sites (N-methyl/N-ethyl adjacent to an activating group) is 1. The molecule has 3 N–H and O–H groups in total. The van der Waals surface area contributed by atoms with Crippen molar-refractivity contribution in [2.75, 3.05) is 19.0 Å². The standard InChI is InChI=1S/C15H22N2O4/c1-15(2,10-18)17(3)14(21)16-12-6-4-5-11(9-12)7-8-13(19)20/h4-6,9,18H,7-8,10H2,1-3H3,(H,16,21)(H,19,20). The van der Waals surface area contributed by atoms with Gasteiger partial charge in [0.15, 0.2) is 0 Å². The average molecular weight is 294 g/mol. The van der Waals surface area contributed by atoms with Crippen LogP contribution in [0.4, 0.5) is 10.5 Å². The largest absolute Gasteiger partial charge is 0.481 e. The molecule has 0 unspecified atom stereocenters. The molecule has 1 aromatic rings. The fourth-order valence-electron chi connectivity index (χ4n) is 1.64. The van der Waals surface area contributed by atoms with Gasteiger partial charge in [0.05, 0.1) is 12.1 Å².